The van der Waals surface area contributed by atoms with Gasteiger partial charge in [-0.25, -0.2) is 0 Å². The zero-order valence-corrected chi connectivity index (χ0v) is 11.3. The molecule has 16 heavy (non-hydrogen) atoms. The molecule has 0 aliphatic heterocycles. The molecular weight excluding hydrogens is 196 g/mol. The van der Waals surface area contributed by atoms with Crippen LogP contribution < -0.4 is 0 Å². The van der Waals surface area contributed by atoms with E-state index in [4.69, 9.17) is 10.5 Å². The molecule has 0 amide bonds. The number of rotatable bonds is 6. The van der Waals surface area contributed by atoms with Gasteiger partial charge in [-0.1, -0.05) is 53.4 Å². The number of unbranched alkanes of at least 4 members (excludes halogenated alkanes) is 2. The molecule has 90 valence electrons. The SMILES string of the molecule is CCCCCC(C)C(C)(C)C(C)(C#N)C#N. The lowest BCUT2D eigenvalue weighted by Gasteiger charge is -2.39. The van der Waals surface area contributed by atoms with E-state index in [-0.39, 0.29) is 5.41 Å². The van der Waals surface area contributed by atoms with Crippen LogP contribution in [0.1, 0.15) is 60.3 Å². The van der Waals surface area contributed by atoms with E-state index in [2.05, 4.69) is 26.0 Å². The van der Waals surface area contributed by atoms with E-state index < -0.39 is 5.41 Å². The van der Waals surface area contributed by atoms with Crippen LogP contribution in [0, 0.1) is 39.4 Å². The maximum absolute atomic E-state index is 9.17. The van der Waals surface area contributed by atoms with E-state index in [0.29, 0.717) is 5.92 Å². The molecule has 0 heterocycles. The highest BCUT2D eigenvalue weighted by atomic mass is 14.5. The Morgan fingerprint density at radius 2 is 1.56 bits per heavy atom. The zero-order chi connectivity index (χ0) is 12.8. The van der Waals surface area contributed by atoms with Gasteiger partial charge in [-0.2, -0.15) is 10.5 Å². The van der Waals surface area contributed by atoms with Crippen LogP contribution in [0.4, 0.5) is 0 Å². The van der Waals surface area contributed by atoms with E-state index in [9.17, 15) is 0 Å². The summed E-state index contributed by atoms with van der Waals surface area (Å²) in [5.74, 6) is 0.392. The molecular formula is C14H24N2. The maximum Gasteiger partial charge on any atom is 0.146 e. The highest BCUT2D eigenvalue weighted by Crippen LogP contribution is 2.45. The minimum atomic E-state index is -0.890. The molecule has 0 aliphatic carbocycles. The average molecular weight is 220 g/mol. The zero-order valence-electron chi connectivity index (χ0n) is 11.3. The molecule has 0 radical (unpaired) electrons. The van der Waals surface area contributed by atoms with Crippen LogP contribution in [-0.2, 0) is 0 Å². The summed E-state index contributed by atoms with van der Waals surface area (Å²) in [6, 6.07) is 4.36. The van der Waals surface area contributed by atoms with Gasteiger partial charge >= 0.3 is 0 Å². The molecule has 1 atom stereocenters. The molecule has 0 aromatic rings. The highest BCUT2D eigenvalue weighted by Gasteiger charge is 2.45. The van der Waals surface area contributed by atoms with Gasteiger partial charge in [0.2, 0.25) is 0 Å². The largest absolute Gasteiger partial charge is 0.197 e. The lowest BCUT2D eigenvalue weighted by molar-refractivity contribution is 0.115. The molecule has 0 bridgehead atoms. The van der Waals surface area contributed by atoms with E-state index in [1.807, 2.05) is 13.8 Å². The van der Waals surface area contributed by atoms with Gasteiger partial charge in [0.15, 0.2) is 0 Å². The standard InChI is InChI=1S/C14H24N2/c1-6-7-8-9-12(2)13(3,4)14(5,10-15)11-16/h12H,6-9H2,1-5H3. The Morgan fingerprint density at radius 1 is 1.06 bits per heavy atom. The quantitative estimate of drug-likeness (QED) is 0.627. The Balaban J connectivity index is 4.66. The second kappa shape index (κ2) is 5.90. The van der Waals surface area contributed by atoms with Gasteiger partial charge in [-0.15, -0.1) is 0 Å². The van der Waals surface area contributed by atoms with Gasteiger partial charge in [0.25, 0.3) is 0 Å². The smallest absolute Gasteiger partial charge is 0.146 e. The van der Waals surface area contributed by atoms with Gasteiger partial charge in [0, 0.05) is 0 Å². The van der Waals surface area contributed by atoms with Crippen molar-refractivity contribution in [1.82, 2.24) is 0 Å². The van der Waals surface area contributed by atoms with Crippen LogP contribution in [0.3, 0.4) is 0 Å². The topological polar surface area (TPSA) is 47.6 Å². The van der Waals surface area contributed by atoms with Gasteiger partial charge in [0.1, 0.15) is 5.41 Å². The van der Waals surface area contributed by atoms with Crippen molar-refractivity contribution in [3.63, 3.8) is 0 Å². The maximum atomic E-state index is 9.17. The molecule has 0 aromatic heterocycles. The molecule has 0 saturated carbocycles. The summed E-state index contributed by atoms with van der Waals surface area (Å²) in [5.41, 5.74) is -1.15. The minimum absolute atomic E-state index is 0.260. The van der Waals surface area contributed by atoms with Crippen LogP contribution >= 0.6 is 0 Å². The Bertz CT molecular complexity index is 277. The normalized spacial score (nSPS) is 13.9. The number of nitrogens with zero attached hydrogens (tertiary/aromatic N) is 2. The summed E-state index contributed by atoms with van der Waals surface area (Å²) in [6.07, 6.45) is 4.73. The van der Waals surface area contributed by atoms with E-state index >= 15 is 0 Å². The molecule has 1 unspecified atom stereocenters. The molecule has 0 aliphatic rings. The molecule has 0 saturated heterocycles. The van der Waals surface area contributed by atoms with Gasteiger partial charge in [0.05, 0.1) is 12.1 Å². The van der Waals surface area contributed by atoms with E-state index in [0.717, 1.165) is 6.42 Å². The second-order valence-electron chi connectivity index (χ2n) is 5.47. The van der Waals surface area contributed by atoms with Crippen LogP contribution in [-0.4, -0.2) is 0 Å². The van der Waals surface area contributed by atoms with Crippen molar-refractivity contribution < 1.29 is 0 Å². The Kier molecular flexibility index (Phi) is 5.52. The van der Waals surface area contributed by atoms with Crippen molar-refractivity contribution in [2.24, 2.45) is 16.7 Å². The van der Waals surface area contributed by atoms with Crippen LogP contribution in [0.5, 0.6) is 0 Å². The molecule has 0 rings (SSSR count). The number of hydrogen-bond acceptors (Lipinski definition) is 2. The minimum Gasteiger partial charge on any atom is -0.197 e. The third-order valence-electron chi connectivity index (χ3n) is 4.21. The Morgan fingerprint density at radius 3 is 1.94 bits per heavy atom. The van der Waals surface area contributed by atoms with Crippen LogP contribution in [0.25, 0.3) is 0 Å². The summed E-state index contributed by atoms with van der Waals surface area (Å²) in [5, 5.41) is 18.3. The number of hydrogen-bond donors (Lipinski definition) is 0. The molecule has 0 fully saturated rings. The van der Waals surface area contributed by atoms with Crippen molar-refractivity contribution in [3.05, 3.63) is 0 Å². The first kappa shape index (κ1) is 15.0. The monoisotopic (exact) mass is 220 g/mol. The molecule has 2 nitrogen and oxygen atoms in total. The summed E-state index contributed by atoms with van der Waals surface area (Å²) in [6.45, 7) is 10.2. The Hall–Kier alpha value is -1.02. The first-order chi connectivity index (χ1) is 7.35. The van der Waals surface area contributed by atoms with Crippen LogP contribution in [0.2, 0.25) is 0 Å². The summed E-state index contributed by atoms with van der Waals surface area (Å²) < 4.78 is 0. The van der Waals surface area contributed by atoms with Crippen molar-refractivity contribution in [2.75, 3.05) is 0 Å². The van der Waals surface area contributed by atoms with Crippen molar-refractivity contribution in [2.45, 2.75) is 60.3 Å². The van der Waals surface area contributed by atoms with E-state index in [1.54, 1.807) is 6.92 Å². The second-order valence-corrected chi connectivity index (χ2v) is 5.47. The summed E-state index contributed by atoms with van der Waals surface area (Å²) in [4.78, 5) is 0. The first-order valence-electron chi connectivity index (χ1n) is 6.18. The highest BCUT2D eigenvalue weighted by molar-refractivity contribution is 5.18. The fourth-order valence-electron chi connectivity index (χ4n) is 1.87. The predicted octanol–water partition coefficient (Wildman–Crippen LogP) is 4.28. The molecule has 0 N–H and O–H groups in total. The molecule has 0 aromatic carbocycles. The lowest BCUT2D eigenvalue weighted by Crippen LogP contribution is -2.38. The summed E-state index contributed by atoms with van der Waals surface area (Å²) in [7, 11) is 0. The number of nitriles is 2. The third kappa shape index (κ3) is 2.99. The third-order valence-corrected chi connectivity index (χ3v) is 4.21. The Labute approximate surface area is 100 Å². The predicted molar refractivity (Wildman–Crippen MR) is 66.4 cm³/mol. The van der Waals surface area contributed by atoms with Crippen molar-refractivity contribution in [3.8, 4) is 12.1 Å². The summed E-state index contributed by atoms with van der Waals surface area (Å²) >= 11 is 0. The van der Waals surface area contributed by atoms with Crippen molar-refractivity contribution >= 4 is 0 Å². The first-order valence-corrected chi connectivity index (χ1v) is 6.18. The fourth-order valence-corrected chi connectivity index (χ4v) is 1.87. The molecule has 0 spiro atoms. The average Bonchev–Trinajstić information content (AvgIpc) is 2.27. The van der Waals surface area contributed by atoms with Gasteiger partial charge in [-0.05, 0) is 18.3 Å². The van der Waals surface area contributed by atoms with Gasteiger partial charge < -0.3 is 0 Å². The fraction of sp³-hybridized carbons (Fsp3) is 0.857. The van der Waals surface area contributed by atoms with Gasteiger partial charge in [-0.3, -0.25) is 0 Å². The molecule has 2 heteroatoms. The van der Waals surface area contributed by atoms with Crippen LogP contribution in [0.15, 0.2) is 0 Å². The van der Waals surface area contributed by atoms with E-state index in [1.165, 1.54) is 19.3 Å². The van der Waals surface area contributed by atoms with Crippen molar-refractivity contribution in [1.29, 1.82) is 10.5 Å². The lowest BCUT2D eigenvalue weighted by atomic mass is 9.61.